The van der Waals surface area contributed by atoms with Crippen molar-refractivity contribution in [1.29, 1.82) is 0 Å². The molecule has 0 aliphatic heterocycles. The van der Waals surface area contributed by atoms with E-state index in [-0.39, 0.29) is 24.0 Å². The Morgan fingerprint density at radius 3 is 2.34 bits per heavy atom. The van der Waals surface area contributed by atoms with Crippen LogP contribution in [-0.2, 0) is 13.1 Å². The molecule has 6 nitrogen and oxygen atoms in total. The average Bonchev–Trinajstić information content (AvgIpc) is 3.02. The van der Waals surface area contributed by atoms with Gasteiger partial charge in [0.15, 0.2) is 5.96 Å². The molecule has 2 aromatic carbocycles. The third-order valence-corrected chi connectivity index (χ3v) is 4.37. The Morgan fingerprint density at radius 1 is 1.00 bits per heavy atom. The lowest BCUT2D eigenvalue weighted by Crippen LogP contribution is -2.36. The topological polar surface area (TPSA) is 71.7 Å². The number of aliphatic imine (C=N–C) groups is 1. The van der Waals surface area contributed by atoms with Crippen molar-refractivity contribution in [2.45, 2.75) is 33.9 Å². The molecule has 3 rings (SSSR count). The van der Waals surface area contributed by atoms with Gasteiger partial charge in [0.2, 0.25) is 5.89 Å². The predicted molar refractivity (Wildman–Crippen MR) is 126 cm³/mol. The lowest BCUT2D eigenvalue weighted by Gasteiger charge is -2.14. The van der Waals surface area contributed by atoms with E-state index in [0.29, 0.717) is 24.9 Å². The number of nitrogens with one attached hydrogen (secondary N) is 2. The smallest absolute Gasteiger partial charge is 0.214 e. The maximum Gasteiger partial charge on any atom is 0.214 e. The van der Waals surface area contributed by atoms with Gasteiger partial charge in [0, 0.05) is 19.2 Å². The number of hydrogen-bond acceptors (Lipinski definition) is 4. The summed E-state index contributed by atoms with van der Waals surface area (Å²) in [5.41, 5.74) is 3.14. The van der Waals surface area contributed by atoms with Gasteiger partial charge in [0.1, 0.15) is 17.3 Å². The van der Waals surface area contributed by atoms with Gasteiger partial charge < -0.3 is 19.8 Å². The van der Waals surface area contributed by atoms with Crippen LogP contribution in [0.4, 0.5) is 0 Å². The summed E-state index contributed by atoms with van der Waals surface area (Å²) in [4.78, 5) is 8.62. The van der Waals surface area contributed by atoms with Gasteiger partial charge in [-0.05, 0) is 39.0 Å². The highest BCUT2D eigenvalue weighted by Crippen LogP contribution is 2.25. The second-order valence-electron chi connectivity index (χ2n) is 6.55. The lowest BCUT2D eigenvalue weighted by atomic mass is 10.2. The van der Waals surface area contributed by atoms with E-state index in [1.807, 2.05) is 62.4 Å². The van der Waals surface area contributed by atoms with Gasteiger partial charge in [-0.2, -0.15) is 0 Å². The van der Waals surface area contributed by atoms with Crippen LogP contribution in [0, 0.1) is 20.8 Å². The van der Waals surface area contributed by atoms with E-state index >= 15 is 0 Å². The molecular formula is C22H27IN4O2. The highest BCUT2D eigenvalue weighted by atomic mass is 127. The molecule has 0 unspecified atom stereocenters. The van der Waals surface area contributed by atoms with Gasteiger partial charge in [-0.1, -0.05) is 35.9 Å². The second kappa shape index (κ2) is 10.8. The van der Waals surface area contributed by atoms with Crippen LogP contribution in [0.15, 0.2) is 57.9 Å². The molecule has 0 aliphatic carbocycles. The average molecular weight is 506 g/mol. The first-order chi connectivity index (χ1) is 13.5. The number of oxazole rings is 1. The van der Waals surface area contributed by atoms with E-state index in [2.05, 4.69) is 27.5 Å². The van der Waals surface area contributed by atoms with Gasteiger partial charge in [-0.15, -0.1) is 24.0 Å². The number of nitrogens with zero attached hydrogens (tertiary/aromatic N) is 2. The number of para-hydroxylation sites is 1. The van der Waals surface area contributed by atoms with Crippen molar-refractivity contribution < 1.29 is 9.15 Å². The van der Waals surface area contributed by atoms with E-state index in [4.69, 9.17) is 9.15 Å². The summed E-state index contributed by atoms with van der Waals surface area (Å²) < 4.78 is 11.6. The summed E-state index contributed by atoms with van der Waals surface area (Å²) in [7, 11) is 1.73. The summed E-state index contributed by atoms with van der Waals surface area (Å²) in [5, 5.41) is 6.52. The Labute approximate surface area is 188 Å². The van der Waals surface area contributed by atoms with Crippen molar-refractivity contribution in [3.8, 4) is 11.5 Å². The third kappa shape index (κ3) is 6.49. The molecule has 0 radical (unpaired) electrons. The summed E-state index contributed by atoms with van der Waals surface area (Å²) in [6.07, 6.45) is 0. The summed E-state index contributed by atoms with van der Waals surface area (Å²) >= 11 is 0. The molecule has 0 spiro atoms. The standard InChI is InChI=1S/C22H26N4O2.HI/c1-15-9-11-19(12-10-15)28-20-8-6-5-7-18(20)13-24-22(23-4)25-14-21-26-16(2)17(3)27-21;/h5-12H,13-14H2,1-4H3,(H2,23,24,25);1H. The zero-order valence-corrected chi connectivity index (χ0v) is 19.5. The van der Waals surface area contributed by atoms with E-state index in [1.165, 1.54) is 5.56 Å². The molecule has 0 fully saturated rings. The van der Waals surface area contributed by atoms with Gasteiger partial charge in [-0.3, -0.25) is 4.99 Å². The molecule has 0 atom stereocenters. The van der Waals surface area contributed by atoms with Gasteiger partial charge in [0.05, 0.1) is 12.2 Å². The van der Waals surface area contributed by atoms with Crippen LogP contribution in [-0.4, -0.2) is 18.0 Å². The van der Waals surface area contributed by atoms with E-state index in [1.54, 1.807) is 7.05 Å². The molecule has 3 aromatic rings. The molecule has 0 bridgehead atoms. The summed E-state index contributed by atoms with van der Waals surface area (Å²) in [6, 6.07) is 16.0. The molecule has 0 amide bonds. The first-order valence-corrected chi connectivity index (χ1v) is 9.25. The molecule has 0 saturated heterocycles. The maximum atomic E-state index is 6.05. The van der Waals surface area contributed by atoms with Gasteiger partial charge in [-0.25, -0.2) is 4.98 Å². The normalized spacial score (nSPS) is 11.0. The molecule has 2 N–H and O–H groups in total. The predicted octanol–water partition coefficient (Wildman–Crippen LogP) is 4.88. The van der Waals surface area contributed by atoms with Crippen LogP contribution in [0.3, 0.4) is 0 Å². The first kappa shape index (κ1) is 22.7. The van der Waals surface area contributed by atoms with Crippen molar-refractivity contribution in [2.75, 3.05) is 7.05 Å². The van der Waals surface area contributed by atoms with Crippen molar-refractivity contribution >= 4 is 29.9 Å². The molecule has 29 heavy (non-hydrogen) atoms. The number of hydrogen-bond donors (Lipinski definition) is 2. The fourth-order valence-electron chi connectivity index (χ4n) is 2.66. The Morgan fingerprint density at radius 2 is 1.69 bits per heavy atom. The number of aromatic nitrogens is 1. The van der Waals surface area contributed by atoms with Crippen LogP contribution in [0.1, 0.15) is 28.5 Å². The van der Waals surface area contributed by atoms with Crippen LogP contribution >= 0.6 is 24.0 Å². The van der Waals surface area contributed by atoms with E-state index in [0.717, 1.165) is 28.5 Å². The number of ether oxygens (including phenoxy) is 1. The minimum absolute atomic E-state index is 0. The second-order valence-corrected chi connectivity index (χ2v) is 6.55. The largest absolute Gasteiger partial charge is 0.457 e. The molecule has 1 aromatic heterocycles. The zero-order valence-electron chi connectivity index (χ0n) is 17.2. The Bertz CT molecular complexity index is 932. The van der Waals surface area contributed by atoms with Crippen molar-refractivity contribution in [3.05, 3.63) is 77.0 Å². The van der Waals surface area contributed by atoms with Gasteiger partial charge in [0.25, 0.3) is 0 Å². The molecule has 7 heteroatoms. The van der Waals surface area contributed by atoms with Crippen LogP contribution < -0.4 is 15.4 Å². The quantitative estimate of drug-likeness (QED) is 0.284. The van der Waals surface area contributed by atoms with Crippen LogP contribution in [0.2, 0.25) is 0 Å². The number of halogens is 1. The third-order valence-electron chi connectivity index (χ3n) is 4.37. The highest BCUT2D eigenvalue weighted by Gasteiger charge is 2.08. The minimum Gasteiger partial charge on any atom is -0.457 e. The molecule has 0 aliphatic rings. The van der Waals surface area contributed by atoms with Crippen LogP contribution in [0.5, 0.6) is 11.5 Å². The zero-order chi connectivity index (χ0) is 19.9. The molecule has 0 saturated carbocycles. The number of rotatable bonds is 6. The summed E-state index contributed by atoms with van der Waals surface area (Å²) in [6.45, 7) is 6.94. The van der Waals surface area contributed by atoms with Crippen molar-refractivity contribution in [3.63, 3.8) is 0 Å². The molecule has 154 valence electrons. The molecule has 1 heterocycles. The van der Waals surface area contributed by atoms with Gasteiger partial charge >= 0.3 is 0 Å². The summed E-state index contributed by atoms with van der Waals surface area (Å²) in [5.74, 6) is 3.77. The van der Waals surface area contributed by atoms with Crippen molar-refractivity contribution in [1.82, 2.24) is 15.6 Å². The first-order valence-electron chi connectivity index (χ1n) is 9.25. The highest BCUT2D eigenvalue weighted by molar-refractivity contribution is 14.0. The Hall–Kier alpha value is -2.55. The Kier molecular flexibility index (Phi) is 8.50. The number of guanidine groups is 1. The SMILES string of the molecule is CN=C(NCc1nc(C)c(C)o1)NCc1ccccc1Oc1ccc(C)cc1.I. The molecular weight excluding hydrogens is 479 g/mol. The van der Waals surface area contributed by atoms with E-state index < -0.39 is 0 Å². The lowest BCUT2D eigenvalue weighted by molar-refractivity contribution is 0.463. The van der Waals surface area contributed by atoms with Crippen molar-refractivity contribution in [2.24, 2.45) is 4.99 Å². The number of aryl methyl sites for hydroxylation is 3. The number of benzene rings is 2. The monoisotopic (exact) mass is 506 g/mol. The van der Waals surface area contributed by atoms with E-state index in [9.17, 15) is 0 Å². The fourth-order valence-corrected chi connectivity index (χ4v) is 2.66. The minimum atomic E-state index is 0. The Balaban J connectivity index is 0.00000300. The fraction of sp³-hybridized carbons (Fsp3) is 0.273. The van der Waals surface area contributed by atoms with Crippen LogP contribution in [0.25, 0.3) is 0 Å². The maximum absolute atomic E-state index is 6.05.